The van der Waals surface area contributed by atoms with E-state index in [1.54, 1.807) is 19.1 Å². The largest absolute Gasteiger partial charge is 0.457 e. The lowest BCUT2D eigenvalue weighted by Crippen LogP contribution is -2.02. The Morgan fingerprint density at radius 3 is 2.65 bits per heavy atom. The zero-order chi connectivity index (χ0) is 14.4. The van der Waals surface area contributed by atoms with Crippen LogP contribution in [0.3, 0.4) is 0 Å². The first-order valence-corrected chi connectivity index (χ1v) is 6.26. The van der Waals surface area contributed by atoms with E-state index >= 15 is 0 Å². The number of hydroxylamine groups is 1. The van der Waals surface area contributed by atoms with E-state index in [1.807, 2.05) is 30.3 Å². The molecule has 0 unspecified atom stereocenters. The van der Waals surface area contributed by atoms with Gasteiger partial charge in [-0.15, -0.1) is 0 Å². The van der Waals surface area contributed by atoms with Gasteiger partial charge in [0.15, 0.2) is 0 Å². The summed E-state index contributed by atoms with van der Waals surface area (Å²) in [5, 5.41) is 8.71. The van der Waals surface area contributed by atoms with Crippen molar-refractivity contribution in [1.82, 2.24) is 5.48 Å². The molecule has 2 aromatic carbocycles. The molecule has 0 aromatic heterocycles. The average Bonchev–Trinajstić information content (AvgIpc) is 2.47. The molecule has 0 fully saturated rings. The fourth-order valence-electron chi connectivity index (χ4n) is 1.69. The molecule has 0 heterocycles. The minimum absolute atomic E-state index is 0.289. The second kappa shape index (κ2) is 6.73. The van der Waals surface area contributed by atoms with E-state index in [-0.39, 0.29) is 5.82 Å². The second-order valence-electron chi connectivity index (χ2n) is 4.41. The first kappa shape index (κ1) is 14.1. The van der Waals surface area contributed by atoms with Gasteiger partial charge in [-0.05, 0) is 55.3 Å². The van der Waals surface area contributed by atoms with Crippen LogP contribution in [0.15, 0.2) is 60.3 Å². The summed E-state index contributed by atoms with van der Waals surface area (Å²) < 4.78 is 18.5. The number of hydrogen-bond donors (Lipinski definition) is 2. The Morgan fingerprint density at radius 2 is 1.95 bits per heavy atom. The summed E-state index contributed by atoms with van der Waals surface area (Å²) in [5.41, 5.74) is 3.83. The van der Waals surface area contributed by atoms with Gasteiger partial charge in [0.25, 0.3) is 0 Å². The third kappa shape index (κ3) is 4.10. The zero-order valence-electron chi connectivity index (χ0n) is 11.1. The summed E-state index contributed by atoms with van der Waals surface area (Å²) in [4.78, 5) is 0. The van der Waals surface area contributed by atoms with Gasteiger partial charge in [-0.25, -0.2) is 4.39 Å². The molecule has 104 valence electrons. The Bertz CT molecular complexity index is 594. The van der Waals surface area contributed by atoms with Crippen LogP contribution in [0.25, 0.3) is 0 Å². The molecule has 0 spiro atoms. The van der Waals surface area contributed by atoms with Gasteiger partial charge in [-0.1, -0.05) is 18.2 Å². The average molecular weight is 273 g/mol. The number of ether oxygens (including phenoxy) is 1. The van der Waals surface area contributed by atoms with Crippen LogP contribution in [0.1, 0.15) is 12.5 Å². The SMILES string of the molecule is C/C(=C/Cc1cccc(Oc2ccc(F)cc2)c1)NO. The molecule has 0 aliphatic rings. The van der Waals surface area contributed by atoms with Crippen molar-refractivity contribution >= 4 is 0 Å². The number of hydrogen-bond acceptors (Lipinski definition) is 3. The van der Waals surface area contributed by atoms with Crippen molar-refractivity contribution in [2.45, 2.75) is 13.3 Å². The molecule has 20 heavy (non-hydrogen) atoms. The summed E-state index contributed by atoms with van der Waals surface area (Å²) in [6.07, 6.45) is 2.55. The lowest BCUT2D eigenvalue weighted by molar-refractivity contribution is 0.200. The molecule has 0 aliphatic carbocycles. The van der Waals surface area contributed by atoms with Gasteiger partial charge in [0.2, 0.25) is 0 Å². The summed E-state index contributed by atoms with van der Waals surface area (Å²) in [7, 11) is 0. The molecule has 0 saturated heterocycles. The van der Waals surface area contributed by atoms with Gasteiger partial charge >= 0.3 is 0 Å². The van der Waals surface area contributed by atoms with Crippen LogP contribution in [0, 0.1) is 5.82 Å². The number of benzene rings is 2. The molecule has 2 rings (SSSR count). The molecule has 2 N–H and O–H groups in total. The molecule has 0 aliphatic heterocycles. The van der Waals surface area contributed by atoms with E-state index in [4.69, 9.17) is 9.94 Å². The van der Waals surface area contributed by atoms with E-state index in [2.05, 4.69) is 5.48 Å². The lowest BCUT2D eigenvalue weighted by atomic mass is 10.1. The van der Waals surface area contributed by atoms with Crippen molar-refractivity contribution < 1.29 is 14.3 Å². The van der Waals surface area contributed by atoms with Crippen LogP contribution in [0.4, 0.5) is 4.39 Å². The van der Waals surface area contributed by atoms with Crippen LogP contribution in [-0.4, -0.2) is 5.21 Å². The Morgan fingerprint density at radius 1 is 1.20 bits per heavy atom. The fraction of sp³-hybridized carbons (Fsp3) is 0.125. The van der Waals surface area contributed by atoms with Gasteiger partial charge in [-0.3, -0.25) is 10.7 Å². The topological polar surface area (TPSA) is 41.5 Å². The third-order valence-electron chi connectivity index (χ3n) is 2.77. The summed E-state index contributed by atoms with van der Waals surface area (Å²) in [5.74, 6) is 0.993. The van der Waals surface area contributed by atoms with E-state index in [0.29, 0.717) is 23.6 Å². The van der Waals surface area contributed by atoms with Crippen LogP contribution in [0.2, 0.25) is 0 Å². The fourth-order valence-corrected chi connectivity index (χ4v) is 1.69. The van der Waals surface area contributed by atoms with E-state index in [9.17, 15) is 4.39 Å². The molecule has 4 heteroatoms. The summed E-state index contributed by atoms with van der Waals surface area (Å²) in [6, 6.07) is 13.5. The van der Waals surface area contributed by atoms with E-state index in [1.165, 1.54) is 12.1 Å². The van der Waals surface area contributed by atoms with E-state index < -0.39 is 0 Å². The standard InChI is InChI=1S/C16H16FNO2/c1-12(18-19)5-6-13-3-2-4-16(11-13)20-15-9-7-14(17)8-10-15/h2-5,7-11,18-19H,6H2,1H3/b12-5-. The highest BCUT2D eigenvalue weighted by atomic mass is 19.1. The molecule has 3 nitrogen and oxygen atoms in total. The maximum Gasteiger partial charge on any atom is 0.127 e. The van der Waals surface area contributed by atoms with Crippen molar-refractivity contribution in [3.63, 3.8) is 0 Å². The molecule has 0 bridgehead atoms. The first-order chi connectivity index (χ1) is 9.67. The minimum Gasteiger partial charge on any atom is -0.457 e. The molecule has 0 radical (unpaired) electrons. The number of halogens is 1. The predicted octanol–water partition coefficient (Wildman–Crippen LogP) is 4.04. The summed E-state index contributed by atoms with van der Waals surface area (Å²) in [6.45, 7) is 1.78. The number of nitrogens with one attached hydrogen (secondary N) is 1. The zero-order valence-corrected chi connectivity index (χ0v) is 11.1. The quantitative estimate of drug-likeness (QED) is 0.808. The van der Waals surface area contributed by atoms with Gasteiger partial charge in [0.1, 0.15) is 17.3 Å². The highest BCUT2D eigenvalue weighted by Gasteiger charge is 1.99. The van der Waals surface area contributed by atoms with Gasteiger partial charge in [0.05, 0.1) is 0 Å². The van der Waals surface area contributed by atoms with Crippen molar-refractivity contribution in [2.24, 2.45) is 0 Å². The lowest BCUT2D eigenvalue weighted by Gasteiger charge is -2.07. The van der Waals surface area contributed by atoms with Crippen molar-refractivity contribution in [3.8, 4) is 11.5 Å². The highest BCUT2D eigenvalue weighted by Crippen LogP contribution is 2.22. The van der Waals surface area contributed by atoms with Crippen molar-refractivity contribution in [3.05, 3.63) is 71.7 Å². The van der Waals surface area contributed by atoms with Crippen LogP contribution in [0.5, 0.6) is 11.5 Å². The Hall–Kier alpha value is -2.33. The molecular weight excluding hydrogens is 257 g/mol. The molecule has 2 aromatic rings. The van der Waals surface area contributed by atoms with Crippen LogP contribution in [-0.2, 0) is 6.42 Å². The summed E-state index contributed by atoms with van der Waals surface area (Å²) >= 11 is 0. The molecule has 0 saturated carbocycles. The van der Waals surface area contributed by atoms with Gasteiger partial charge in [-0.2, -0.15) is 0 Å². The van der Waals surface area contributed by atoms with E-state index in [0.717, 1.165) is 5.56 Å². The Kier molecular flexibility index (Phi) is 4.74. The first-order valence-electron chi connectivity index (χ1n) is 6.26. The maximum atomic E-state index is 12.8. The van der Waals surface area contributed by atoms with Crippen molar-refractivity contribution in [1.29, 1.82) is 0 Å². The monoisotopic (exact) mass is 273 g/mol. The molecule has 0 atom stereocenters. The van der Waals surface area contributed by atoms with Gasteiger partial charge in [0, 0.05) is 5.70 Å². The maximum absolute atomic E-state index is 12.8. The smallest absolute Gasteiger partial charge is 0.127 e. The third-order valence-corrected chi connectivity index (χ3v) is 2.77. The normalized spacial score (nSPS) is 11.2. The predicted molar refractivity (Wildman–Crippen MR) is 75.3 cm³/mol. The molecule has 0 amide bonds. The number of rotatable bonds is 5. The number of allylic oxidation sites excluding steroid dienone is 2. The highest BCUT2D eigenvalue weighted by molar-refractivity contribution is 5.34. The van der Waals surface area contributed by atoms with Crippen LogP contribution < -0.4 is 10.2 Å². The Labute approximate surface area is 117 Å². The molecular formula is C16H16FNO2. The Balaban J connectivity index is 2.07. The minimum atomic E-state index is -0.289. The van der Waals surface area contributed by atoms with Crippen LogP contribution >= 0.6 is 0 Å². The van der Waals surface area contributed by atoms with Gasteiger partial charge < -0.3 is 4.74 Å². The second-order valence-corrected chi connectivity index (χ2v) is 4.41. The van der Waals surface area contributed by atoms with Crippen molar-refractivity contribution in [2.75, 3.05) is 0 Å².